The number of nitrogen functional groups attached to an aromatic ring is 1. The number of aromatic nitrogens is 1. The molecular formula is C24H26FN5O5S. The van der Waals surface area contributed by atoms with Crippen LogP contribution in [-0.4, -0.2) is 49.0 Å². The van der Waals surface area contributed by atoms with Crippen molar-refractivity contribution in [3.63, 3.8) is 0 Å². The molecule has 36 heavy (non-hydrogen) atoms. The van der Waals surface area contributed by atoms with Crippen molar-refractivity contribution in [2.75, 3.05) is 37.5 Å². The standard InChI is InChI=1S/C24H26FN5O5S/c1-3-35-17-7-5-4-6-16(17)30(24(33)21-18(26)19(22(27)31)29-36-21)20(23(32)28-12-13-34-2)14-8-10-15(25)11-9-14/h4-11,20H,3,12-13,26H2,1-2H3,(H2,27,31)(H,28,32)/t20-/m1/s1. The van der Waals surface area contributed by atoms with E-state index in [1.807, 2.05) is 0 Å². The van der Waals surface area contributed by atoms with Gasteiger partial charge in [0.1, 0.15) is 22.5 Å². The lowest BCUT2D eigenvalue weighted by atomic mass is 10.0. The van der Waals surface area contributed by atoms with Crippen LogP contribution in [0, 0.1) is 5.82 Å². The Labute approximate surface area is 211 Å². The van der Waals surface area contributed by atoms with Gasteiger partial charge in [-0.1, -0.05) is 24.3 Å². The van der Waals surface area contributed by atoms with Crippen LogP contribution in [0.2, 0.25) is 0 Å². The minimum absolute atomic E-state index is 0.0908. The number of para-hydroxylation sites is 2. The summed E-state index contributed by atoms with van der Waals surface area (Å²) in [5.74, 6) is -2.36. The number of nitrogens with one attached hydrogen (secondary N) is 1. The van der Waals surface area contributed by atoms with E-state index in [-0.39, 0.29) is 41.7 Å². The number of halogens is 1. The Balaban J connectivity index is 2.23. The number of primary amides is 1. The Morgan fingerprint density at radius 2 is 1.86 bits per heavy atom. The van der Waals surface area contributed by atoms with Crippen LogP contribution < -0.4 is 26.4 Å². The Morgan fingerprint density at radius 3 is 2.47 bits per heavy atom. The zero-order valence-electron chi connectivity index (χ0n) is 19.7. The topological polar surface area (TPSA) is 150 Å². The van der Waals surface area contributed by atoms with E-state index in [4.69, 9.17) is 20.9 Å². The molecule has 3 amide bonds. The molecule has 0 spiro atoms. The average Bonchev–Trinajstić information content (AvgIpc) is 3.25. The van der Waals surface area contributed by atoms with Gasteiger partial charge in [0.25, 0.3) is 11.8 Å². The fourth-order valence-electron chi connectivity index (χ4n) is 3.47. The summed E-state index contributed by atoms with van der Waals surface area (Å²) in [5, 5.41) is 2.73. The van der Waals surface area contributed by atoms with Crippen LogP contribution in [0.5, 0.6) is 5.75 Å². The summed E-state index contributed by atoms with van der Waals surface area (Å²) in [7, 11) is 1.49. The number of methoxy groups -OCH3 is 1. The van der Waals surface area contributed by atoms with Gasteiger partial charge in [0, 0.05) is 13.7 Å². The van der Waals surface area contributed by atoms with E-state index < -0.39 is 29.6 Å². The maximum absolute atomic E-state index is 14.0. The third-order valence-electron chi connectivity index (χ3n) is 5.10. The molecule has 0 unspecified atom stereocenters. The molecule has 5 N–H and O–H groups in total. The van der Waals surface area contributed by atoms with Gasteiger partial charge in [-0.2, -0.15) is 4.37 Å². The van der Waals surface area contributed by atoms with E-state index >= 15 is 0 Å². The molecule has 1 aromatic heterocycles. The molecule has 0 saturated carbocycles. The summed E-state index contributed by atoms with van der Waals surface area (Å²) in [6, 6.07) is 10.6. The molecular weight excluding hydrogens is 489 g/mol. The maximum atomic E-state index is 14.0. The first-order valence-corrected chi connectivity index (χ1v) is 11.7. The second-order valence-corrected chi connectivity index (χ2v) is 8.23. The first-order chi connectivity index (χ1) is 17.3. The molecule has 190 valence electrons. The molecule has 0 fully saturated rings. The van der Waals surface area contributed by atoms with Crippen molar-refractivity contribution >= 4 is 40.6 Å². The van der Waals surface area contributed by atoms with Gasteiger partial charge in [-0.3, -0.25) is 19.3 Å². The number of hydrogen-bond donors (Lipinski definition) is 3. The molecule has 2 aromatic carbocycles. The smallest absolute Gasteiger partial charge is 0.273 e. The van der Waals surface area contributed by atoms with Gasteiger partial charge in [-0.05, 0) is 48.3 Å². The lowest BCUT2D eigenvalue weighted by Crippen LogP contribution is -2.45. The van der Waals surface area contributed by atoms with Gasteiger partial charge >= 0.3 is 0 Å². The van der Waals surface area contributed by atoms with Crippen molar-refractivity contribution < 1.29 is 28.2 Å². The van der Waals surface area contributed by atoms with E-state index in [0.717, 1.165) is 0 Å². The van der Waals surface area contributed by atoms with Crippen LogP contribution in [-0.2, 0) is 9.53 Å². The van der Waals surface area contributed by atoms with Crippen molar-refractivity contribution in [3.8, 4) is 5.75 Å². The predicted octanol–water partition coefficient (Wildman–Crippen LogP) is 2.51. The van der Waals surface area contributed by atoms with Crippen LogP contribution in [0.3, 0.4) is 0 Å². The van der Waals surface area contributed by atoms with Crippen molar-refractivity contribution in [1.29, 1.82) is 0 Å². The van der Waals surface area contributed by atoms with Crippen molar-refractivity contribution in [1.82, 2.24) is 9.69 Å². The highest BCUT2D eigenvalue weighted by atomic mass is 32.1. The Bertz CT molecular complexity index is 1230. The minimum Gasteiger partial charge on any atom is -0.492 e. The molecule has 1 atom stereocenters. The highest BCUT2D eigenvalue weighted by Crippen LogP contribution is 2.38. The van der Waals surface area contributed by atoms with Crippen molar-refractivity contribution in [2.24, 2.45) is 5.73 Å². The second-order valence-electron chi connectivity index (χ2n) is 7.45. The van der Waals surface area contributed by atoms with E-state index in [1.54, 1.807) is 31.2 Å². The summed E-state index contributed by atoms with van der Waals surface area (Å²) in [4.78, 5) is 40.3. The lowest BCUT2D eigenvalue weighted by Gasteiger charge is -2.32. The fraction of sp³-hybridized carbons (Fsp3) is 0.250. The van der Waals surface area contributed by atoms with Gasteiger partial charge in [0.15, 0.2) is 5.69 Å². The Kier molecular flexibility index (Phi) is 8.92. The number of nitrogens with zero attached hydrogens (tertiary/aromatic N) is 2. The average molecular weight is 516 g/mol. The van der Waals surface area contributed by atoms with Gasteiger partial charge in [0.2, 0.25) is 5.91 Å². The minimum atomic E-state index is -1.27. The summed E-state index contributed by atoms with van der Waals surface area (Å²) in [6.45, 7) is 2.46. The predicted molar refractivity (Wildman–Crippen MR) is 133 cm³/mol. The number of anilines is 2. The van der Waals surface area contributed by atoms with Crippen LogP contribution in [0.1, 0.15) is 38.7 Å². The normalized spacial score (nSPS) is 11.5. The van der Waals surface area contributed by atoms with Crippen LogP contribution in [0.15, 0.2) is 48.5 Å². The maximum Gasteiger partial charge on any atom is 0.273 e. The number of benzene rings is 2. The summed E-state index contributed by atoms with van der Waals surface area (Å²) in [5.41, 5.74) is 11.5. The molecule has 0 aliphatic heterocycles. The van der Waals surface area contributed by atoms with Gasteiger partial charge < -0.3 is 26.3 Å². The summed E-state index contributed by atoms with van der Waals surface area (Å²) in [6.07, 6.45) is 0. The van der Waals surface area contributed by atoms with Gasteiger partial charge in [-0.15, -0.1) is 0 Å². The highest BCUT2D eigenvalue weighted by Gasteiger charge is 2.37. The zero-order valence-corrected chi connectivity index (χ0v) is 20.5. The largest absolute Gasteiger partial charge is 0.492 e. The number of rotatable bonds is 11. The van der Waals surface area contributed by atoms with Crippen LogP contribution >= 0.6 is 11.5 Å². The first-order valence-electron chi connectivity index (χ1n) is 10.9. The third kappa shape index (κ3) is 5.78. The molecule has 0 radical (unpaired) electrons. The monoisotopic (exact) mass is 515 g/mol. The summed E-state index contributed by atoms with van der Waals surface area (Å²) >= 11 is 0.683. The van der Waals surface area contributed by atoms with Crippen LogP contribution in [0.25, 0.3) is 0 Å². The van der Waals surface area contributed by atoms with E-state index in [1.165, 1.54) is 36.3 Å². The van der Waals surface area contributed by atoms with E-state index in [9.17, 15) is 18.8 Å². The molecule has 0 saturated heterocycles. The zero-order chi connectivity index (χ0) is 26.2. The SMILES string of the molecule is CCOc1ccccc1N(C(=O)c1snc(C(N)=O)c1N)[C@@H](C(=O)NCCOC)c1ccc(F)cc1. The lowest BCUT2D eigenvalue weighted by molar-refractivity contribution is -0.122. The number of nitrogens with two attached hydrogens (primary N) is 2. The van der Waals surface area contributed by atoms with Gasteiger partial charge in [-0.25, -0.2) is 4.39 Å². The van der Waals surface area contributed by atoms with Crippen LogP contribution in [0.4, 0.5) is 15.8 Å². The summed E-state index contributed by atoms with van der Waals surface area (Å²) < 4.78 is 28.4. The fourth-order valence-corrected chi connectivity index (χ4v) is 4.22. The molecule has 3 aromatic rings. The molecule has 1 heterocycles. The molecule has 3 rings (SSSR count). The molecule has 0 aliphatic carbocycles. The number of carbonyl (C=O) groups excluding carboxylic acids is 3. The Morgan fingerprint density at radius 1 is 1.17 bits per heavy atom. The first kappa shape index (κ1) is 26.6. The van der Waals surface area contributed by atoms with E-state index in [2.05, 4.69) is 9.69 Å². The quantitative estimate of drug-likeness (QED) is 0.332. The molecule has 0 bridgehead atoms. The Hall–Kier alpha value is -4.03. The number of amides is 3. The number of carbonyl (C=O) groups is 3. The molecule has 0 aliphatic rings. The third-order valence-corrected chi connectivity index (χ3v) is 5.95. The number of ether oxygens (including phenoxy) is 2. The highest BCUT2D eigenvalue weighted by molar-refractivity contribution is 7.09. The van der Waals surface area contributed by atoms with Gasteiger partial charge in [0.05, 0.1) is 24.6 Å². The number of hydrogen-bond acceptors (Lipinski definition) is 8. The van der Waals surface area contributed by atoms with Crippen molar-refractivity contribution in [2.45, 2.75) is 13.0 Å². The second kappa shape index (κ2) is 12.1. The molecule has 12 heteroatoms. The van der Waals surface area contributed by atoms with E-state index in [0.29, 0.717) is 22.8 Å². The van der Waals surface area contributed by atoms with Crippen molar-refractivity contribution in [3.05, 3.63) is 70.5 Å². The molecule has 10 nitrogen and oxygen atoms in total.